The number of aliphatic hydroxyl groups is 1. The molecule has 114 valence electrons. The third-order valence-electron chi connectivity index (χ3n) is 3.66. The highest BCUT2D eigenvalue weighted by atomic mass is 127. The summed E-state index contributed by atoms with van der Waals surface area (Å²) in [6.07, 6.45) is 0.944. The summed E-state index contributed by atoms with van der Waals surface area (Å²) in [4.78, 5) is 0. The number of benzene rings is 1. The maximum Gasteiger partial charge on any atom is 0.0856 e. The van der Waals surface area contributed by atoms with E-state index in [4.69, 9.17) is 0 Å². The van der Waals surface area contributed by atoms with Gasteiger partial charge in [0.25, 0.3) is 0 Å². The molecule has 1 aromatic heterocycles. The summed E-state index contributed by atoms with van der Waals surface area (Å²) in [6.45, 7) is 7.05. The maximum absolute atomic E-state index is 10.6. The Morgan fingerprint density at radius 3 is 2.71 bits per heavy atom. The van der Waals surface area contributed by atoms with Crippen LogP contribution in [0, 0.1) is 10.5 Å². The molecule has 1 unspecified atom stereocenters. The third-order valence-corrected chi connectivity index (χ3v) is 6.05. The second-order valence-electron chi connectivity index (χ2n) is 5.07. The van der Waals surface area contributed by atoms with E-state index in [2.05, 4.69) is 70.5 Å². The molecule has 2 rings (SSSR count). The van der Waals surface area contributed by atoms with Gasteiger partial charge in [0, 0.05) is 16.5 Å². The first-order valence-electron chi connectivity index (χ1n) is 7.16. The monoisotopic (exact) mass is 462 g/mol. The van der Waals surface area contributed by atoms with Crippen LogP contribution in [0.3, 0.4) is 0 Å². The summed E-state index contributed by atoms with van der Waals surface area (Å²) in [6, 6.07) is 6.07. The number of hydrogen-bond acceptors (Lipinski definition) is 2. The fourth-order valence-corrected chi connectivity index (χ4v) is 3.88. The van der Waals surface area contributed by atoms with Gasteiger partial charge in [-0.1, -0.05) is 25.1 Å². The number of nitrogens with zero attached hydrogens (tertiary/aromatic N) is 2. The number of aliphatic hydroxyl groups excluding tert-OH is 1. The molecular formula is C16H20BrIN2O. The quantitative estimate of drug-likeness (QED) is 0.668. The Kier molecular flexibility index (Phi) is 5.85. The van der Waals surface area contributed by atoms with Crippen molar-refractivity contribution in [3.63, 3.8) is 0 Å². The van der Waals surface area contributed by atoms with Crippen LogP contribution >= 0.6 is 38.5 Å². The fourth-order valence-electron chi connectivity index (χ4n) is 2.43. The molecule has 0 spiro atoms. The van der Waals surface area contributed by atoms with Crippen LogP contribution in [0.1, 0.15) is 42.5 Å². The van der Waals surface area contributed by atoms with Crippen molar-refractivity contribution in [2.24, 2.45) is 0 Å². The van der Waals surface area contributed by atoms with Crippen molar-refractivity contribution >= 4 is 38.5 Å². The lowest BCUT2D eigenvalue weighted by Gasteiger charge is -2.15. The van der Waals surface area contributed by atoms with Crippen molar-refractivity contribution in [1.29, 1.82) is 0 Å². The van der Waals surface area contributed by atoms with Crippen LogP contribution in [-0.2, 0) is 19.4 Å². The molecule has 5 heteroatoms. The molecule has 0 radical (unpaired) electrons. The van der Waals surface area contributed by atoms with E-state index in [1.54, 1.807) is 0 Å². The van der Waals surface area contributed by atoms with Gasteiger partial charge in [-0.2, -0.15) is 5.10 Å². The van der Waals surface area contributed by atoms with Crippen LogP contribution in [0.4, 0.5) is 0 Å². The van der Waals surface area contributed by atoms with E-state index in [9.17, 15) is 5.11 Å². The first kappa shape index (κ1) is 17.0. The van der Waals surface area contributed by atoms with Gasteiger partial charge in [0.15, 0.2) is 0 Å². The Morgan fingerprint density at radius 1 is 1.38 bits per heavy atom. The highest BCUT2D eigenvalue weighted by Crippen LogP contribution is 2.30. The summed E-state index contributed by atoms with van der Waals surface area (Å²) in [5, 5.41) is 15.2. The van der Waals surface area contributed by atoms with E-state index in [-0.39, 0.29) is 0 Å². The van der Waals surface area contributed by atoms with E-state index < -0.39 is 6.10 Å². The van der Waals surface area contributed by atoms with Crippen LogP contribution in [0.2, 0.25) is 0 Å². The van der Waals surface area contributed by atoms with Crippen LogP contribution in [0.5, 0.6) is 0 Å². The van der Waals surface area contributed by atoms with Crippen molar-refractivity contribution < 1.29 is 5.11 Å². The Morgan fingerprint density at radius 2 is 2.10 bits per heavy atom. The van der Waals surface area contributed by atoms with E-state index in [0.717, 1.165) is 38.0 Å². The molecule has 3 nitrogen and oxygen atoms in total. The molecule has 0 aliphatic carbocycles. The summed E-state index contributed by atoms with van der Waals surface area (Å²) in [7, 11) is 0. The van der Waals surface area contributed by atoms with Crippen LogP contribution < -0.4 is 0 Å². The van der Waals surface area contributed by atoms with Crippen molar-refractivity contribution in [3.05, 3.63) is 48.8 Å². The standard InChI is InChI=1S/C16H20BrIN2O/c1-4-12-15(17)13(20(5-2)19-12)9-14(21)11-8-6-7-10(3)16(11)18/h6-8,14,21H,4-5,9H2,1-3H3. The number of rotatable bonds is 5. The molecule has 0 bridgehead atoms. The van der Waals surface area contributed by atoms with Crippen molar-refractivity contribution in [2.45, 2.75) is 46.3 Å². The minimum atomic E-state index is -0.514. The Hall–Kier alpha value is -0.400. The molecule has 0 aliphatic heterocycles. The largest absolute Gasteiger partial charge is 0.388 e. The zero-order chi connectivity index (χ0) is 15.6. The summed E-state index contributed by atoms with van der Waals surface area (Å²) in [5.41, 5.74) is 4.31. The first-order valence-corrected chi connectivity index (χ1v) is 9.03. The SMILES string of the molecule is CCc1nn(CC)c(CC(O)c2cccc(C)c2I)c1Br. The van der Waals surface area contributed by atoms with Crippen LogP contribution in [0.25, 0.3) is 0 Å². The van der Waals surface area contributed by atoms with Gasteiger partial charge in [-0.3, -0.25) is 4.68 Å². The Labute approximate surface area is 148 Å². The van der Waals surface area contributed by atoms with Gasteiger partial charge >= 0.3 is 0 Å². The molecule has 1 N–H and O–H groups in total. The molecule has 0 saturated carbocycles. The highest BCUT2D eigenvalue weighted by molar-refractivity contribution is 14.1. The van der Waals surface area contributed by atoms with Gasteiger partial charge < -0.3 is 5.11 Å². The van der Waals surface area contributed by atoms with Gasteiger partial charge in [0.2, 0.25) is 0 Å². The van der Waals surface area contributed by atoms with Gasteiger partial charge in [-0.05, 0) is 69.9 Å². The van der Waals surface area contributed by atoms with Gasteiger partial charge in [-0.15, -0.1) is 0 Å². The predicted octanol–water partition coefficient (Wildman–Crippen LogP) is 4.42. The Balaban J connectivity index is 2.33. The lowest BCUT2D eigenvalue weighted by molar-refractivity contribution is 0.174. The average molecular weight is 463 g/mol. The van der Waals surface area contributed by atoms with Crippen molar-refractivity contribution in [2.75, 3.05) is 0 Å². The molecular weight excluding hydrogens is 443 g/mol. The molecule has 21 heavy (non-hydrogen) atoms. The molecule has 2 aromatic rings. The lowest BCUT2D eigenvalue weighted by Crippen LogP contribution is -2.10. The molecule has 0 saturated heterocycles. The topological polar surface area (TPSA) is 38.0 Å². The second-order valence-corrected chi connectivity index (χ2v) is 6.95. The highest BCUT2D eigenvalue weighted by Gasteiger charge is 2.20. The first-order chi connectivity index (χ1) is 9.99. The zero-order valence-electron chi connectivity index (χ0n) is 12.5. The van der Waals surface area contributed by atoms with Gasteiger partial charge in [-0.25, -0.2) is 0 Å². The van der Waals surface area contributed by atoms with Gasteiger partial charge in [0.1, 0.15) is 0 Å². The van der Waals surface area contributed by atoms with Crippen molar-refractivity contribution in [1.82, 2.24) is 9.78 Å². The van der Waals surface area contributed by atoms with Crippen LogP contribution in [-0.4, -0.2) is 14.9 Å². The normalized spacial score (nSPS) is 12.7. The minimum absolute atomic E-state index is 0.514. The summed E-state index contributed by atoms with van der Waals surface area (Å²) >= 11 is 5.95. The lowest BCUT2D eigenvalue weighted by atomic mass is 10.0. The number of halogens is 2. The average Bonchev–Trinajstić information content (AvgIpc) is 2.78. The second kappa shape index (κ2) is 7.24. The zero-order valence-corrected chi connectivity index (χ0v) is 16.3. The Bertz CT molecular complexity index is 639. The van der Waals surface area contributed by atoms with E-state index in [1.807, 2.05) is 16.8 Å². The molecule has 1 aromatic carbocycles. The smallest absolute Gasteiger partial charge is 0.0856 e. The number of aryl methyl sites for hydroxylation is 3. The fraction of sp³-hybridized carbons (Fsp3) is 0.438. The van der Waals surface area contributed by atoms with Crippen molar-refractivity contribution in [3.8, 4) is 0 Å². The van der Waals surface area contributed by atoms with Gasteiger partial charge in [0.05, 0.1) is 22.0 Å². The third kappa shape index (κ3) is 3.51. The van der Waals surface area contributed by atoms with E-state index in [1.165, 1.54) is 5.56 Å². The number of aromatic nitrogens is 2. The molecule has 0 amide bonds. The summed E-state index contributed by atoms with van der Waals surface area (Å²) in [5.74, 6) is 0. The number of hydrogen-bond donors (Lipinski definition) is 1. The molecule has 0 fully saturated rings. The molecule has 0 aliphatic rings. The predicted molar refractivity (Wildman–Crippen MR) is 97.5 cm³/mol. The minimum Gasteiger partial charge on any atom is -0.388 e. The summed E-state index contributed by atoms with van der Waals surface area (Å²) < 4.78 is 4.15. The molecule has 1 atom stereocenters. The van der Waals surface area contributed by atoms with Crippen LogP contribution in [0.15, 0.2) is 22.7 Å². The van der Waals surface area contributed by atoms with E-state index in [0.29, 0.717) is 6.42 Å². The maximum atomic E-state index is 10.6. The van der Waals surface area contributed by atoms with E-state index >= 15 is 0 Å². The molecule has 1 heterocycles.